The minimum absolute atomic E-state index is 0.648. The number of nitrogens with zero attached hydrogens (tertiary/aromatic N) is 2. The van der Waals surface area contributed by atoms with Crippen LogP contribution in [0.25, 0.3) is 22.4 Å². The van der Waals surface area contributed by atoms with E-state index in [1.165, 1.54) is 5.56 Å². The van der Waals surface area contributed by atoms with Gasteiger partial charge in [0, 0.05) is 17.3 Å². The second-order valence-corrected chi connectivity index (χ2v) is 4.91. The van der Waals surface area contributed by atoms with E-state index < -0.39 is 0 Å². The number of hydrogen-bond donors (Lipinski definition) is 0. The smallest absolute Gasteiger partial charge is 0.0991 e. The Kier molecular flexibility index (Phi) is 3.49. The summed E-state index contributed by atoms with van der Waals surface area (Å²) in [6.45, 7) is 2.08. The van der Waals surface area contributed by atoms with Crippen molar-refractivity contribution in [3.05, 3.63) is 78.0 Å². The predicted octanol–water partition coefficient (Wildman–Crippen LogP) is 4.60. The summed E-state index contributed by atoms with van der Waals surface area (Å²) in [5.41, 5.74) is 5.96. The van der Waals surface area contributed by atoms with Crippen molar-refractivity contribution >= 4 is 0 Å². The van der Waals surface area contributed by atoms with E-state index in [2.05, 4.69) is 30.1 Å². The fourth-order valence-electron chi connectivity index (χ4n) is 2.48. The molecule has 0 fully saturated rings. The van der Waals surface area contributed by atoms with Gasteiger partial charge in [-0.15, -0.1) is 0 Å². The quantitative estimate of drug-likeness (QED) is 0.682. The van der Waals surface area contributed by atoms with Gasteiger partial charge in [-0.05, 0) is 36.2 Å². The molecule has 100 valence electrons. The molecule has 1 aromatic heterocycles. The Labute approximate surface area is 124 Å². The van der Waals surface area contributed by atoms with Crippen LogP contribution in [0.2, 0.25) is 0 Å². The van der Waals surface area contributed by atoms with Crippen LogP contribution in [0.15, 0.2) is 66.9 Å². The van der Waals surface area contributed by atoms with Gasteiger partial charge >= 0.3 is 0 Å². The molecule has 3 rings (SSSR count). The van der Waals surface area contributed by atoms with Crippen LogP contribution in [0, 0.1) is 18.3 Å². The van der Waals surface area contributed by atoms with Crippen LogP contribution in [-0.2, 0) is 0 Å². The first-order valence-electron chi connectivity index (χ1n) is 6.81. The van der Waals surface area contributed by atoms with Gasteiger partial charge in [-0.3, -0.25) is 4.98 Å². The number of nitriles is 1. The van der Waals surface area contributed by atoms with Crippen LogP contribution in [0.1, 0.15) is 11.1 Å². The zero-order valence-corrected chi connectivity index (χ0v) is 11.7. The summed E-state index contributed by atoms with van der Waals surface area (Å²) in [5, 5.41) is 9.08. The Morgan fingerprint density at radius 3 is 2.43 bits per heavy atom. The monoisotopic (exact) mass is 270 g/mol. The molecule has 0 unspecified atom stereocenters. The summed E-state index contributed by atoms with van der Waals surface area (Å²) in [6, 6.07) is 22.0. The first-order chi connectivity index (χ1) is 10.3. The maximum Gasteiger partial charge on any atom is 0.0991 e. The number of benzene rings is 2. The summed E-state index contributed by atoms with van der Waals surface area (Å²) >= 11 is 0. The zero-order valence-electron chi connectivity index (χ0n) is 11.7. The molecule has 0 spiro atoms. The van der Waals surface area contributed by atoms with Crippen molar-refractivity contribution in [2.75, 3.05) is 0 Å². The summed E-state index contributed by atoms with van der Waals surface area (Å²) in [6.07, 6.45) is 1.82. The lowest BCUT2D eigenvalue weighted by Gasteiger charge is -2.12. The second-order valence-electron chi connectivity index (χ2n) is 4.91. The van der Waals surface area contributed by atoms with Crippen molar-refractivity contribution in [1.29, 1.82) is 5.26 Å². The van der Waals surface area contributed by atoms with Crippen molar-refractivity contribution in [1.82, 2.24) is 4.98 Å². The minimum Gasteiger partial charge on any atom is -0.256 e. The molecule has 0 aliphatic heterocycles. The highest BCUT2D eigenvalue weighted by molar-refractivity contribution is 5.83. The molecule has 0 N–H and O–H groups in total. The fraction of sp³-hybridized carbons (Fsp3) is 0.0526. The molecule has 21 heavy (non-hydrogen) atoms. The number of aromatic nitrogens is 1. The summed E-state index contributed by atoms with van der Waals surface area (Å²) in [4.78, 5) is 4.55. The van der Waals surface area contributed by atoms with Crippen LogP contribution in [-0.4, -0.2) is 4.98 Å². The van der Waals surface area contributed by atoms with E-state index in [1.807, 2.05) is 54.7 Å². The largest absolute Gasteiger partial charge is 0.256 e. The van der Waals surface area contributed by atoms with Crippen molar-refractivity contribution in [2.45, 2.75) is 6.92 Å². The maximum absolute atomic E-state index is 9.08. The molecule has 0 radical (unpaired) electrons. The van der Waals surface area contributed by atoms with E-state index >= 15 is 0 Å². The van der Waals surface area contributed by atoms with Crippen molar-refractivity contribution < 1.29 is 0 Å². The van der Waals surface area contributed by atoms with Gasteiger partial charge in [-0.25, -0.2) is 0 Å². The van der Waals surface area contributed by atoms with Crippen LogP contribution in [0.5, 0.6) is 0 Å². The van der Waals surface area contributed by atoms with Gasteiger partial charge in [-0.1, -0.05) is 42.5 Å². The number of pyridine rings is 1. The first-order valence-corrected chi connectivity index (χ1v) is 6.81. The van der Waals surface area contributed by atoms with E-state index in [0.717, 1.165) is 22.4 Å². The molecule has 2 heteroatoms. The minimum atomic E-state index is 0.648. The molecule has 2 nitrogen and oxygen atoms in total. The third-order valence-corrected chi connectivity index (χ3v) is 3.49. The lowest BCUT2D eigenvalue weighted by molar-refractivity contribution is 1.28. The average Bonchev–Trinajstić information content (AvgIpc) is 2.55. The molecule has 3 aromatic rings. The van der Waals surface area contributed by atoms with Gasteiger partial charge < -0.3 is 0 Å². The van der Waals surface area contributed by atoms with Crippen LogP contribution in [0.4, 0.5) is 0 Å². The van der Waals surface area contributed by atoms with E-state index in [4.69, 9.17) is 5.26 Å². The summed E-state index contributed by atoms with van der Waals surface area (Å²) < 4.78 is 0. The Hall–Kier alpha value is -2.92. The van der Waals surface area contributed by atoms with Crippen LogP contribution < -0.4 is 0 Å². The van der Waals surface area contributed by atoms with E-state index in [1.54, 1.807) is 0 Å². The Morgan fingerprint density at radius 1 is 0.905 bits per heavy atom. The van der Waals surface area contributed by atoms with E-state index in [0.29, 0.717) is 5.56 Å². The second kappa shape index (κ2) is 5.60. The van der Waals surface area contributed by atoms with Gasteiger partial charge in [0.25, 0.3) is 0 Å². The van der Waals surface area contributed by atoms with Gasteiger partial charge in [0.15, 0.2) is 0 Å². The van der Waals surface area contributed by atoms with Gasteiger partial charge in [0.1, 0.15) is 0 Å². The predicted molar refractivity (Wildman–Crippen MR) is 84.6 cm³/mol. The average molecular weight is 270 g/mol. The maximum atomic E-state index is 9.08. The topological polar surface area (TPSA) is 36.7 Å². The molecular weight excluding hydrogens is 256 g/mol. The fourth-order valence-corrected chi connectivity index (χ4v) is 2.48. The lowest BCUT2D eigenvalue weighted by Crippen LogP contribution is -1.92. The van der Waals surface area contributed by atoms with Gasteiger partial charge in [0.2, 0.25) is 0 Å². The molecule has 0 bridgehead atoms. The Bertz CT molecular complexity index is 814. The molecule has 0 aliphatic rings. The summed E-state index contributed by atoms with van der Waals surface area (Å²) in [7, 11) is 0. The van der Waals surface area contributed by atoms with E-state index in [-0.39, 0.29) is 0 Å². The standard InChI is InChI=1S/C19H14N2/c1-14-10-11-21-19(17-9-5-6-15(12-17)13-20)18(14)16-7-3-2-4-8-16/h2-12H,1H3. The third-order valence-electron chi connectivity index (χ3n) is 3.49. The van der Waals surface area contributed by atoms with Crippen molar-refractivity contribution in [3.8, 4) is 28.5 Å². The normalized spacial score (nSPS) is 10.1. The summed E-state index contributed by atoms with van der Waals surface area (Å²) in [5.74, 6) is 0. The molecule has 0 atom stereocenters. The van der Waals surface area contributed by atoms with Crippen molar-refractivity contribution in [3.63, 3.8) is 0 Å². The molecule has 1 heterocycles. The first kappa shape index (κ1) is 13.1. The Balaban J connectivity index is 2.24. The molecule has 0 amide bonds. The molecule has 2 aromatic carbocycles. The highest BCUT2D eigenvalue weighted by atomic mass is 14.7. The molecular formula is C19H14N2. The van der Waals surface area contributed by atoms with Crippen LogP contribution in [0.3, 0.4) is 0 Å². The zero-order chi connectivity index (χ0) is 14.7. The Morgan fingerprint density at radius 2 is 1.67 bits per heavy atom. The van der Waals surface area contributed by atoms with Gasteiger partial charge in [0.05, 0.1) is 17.3 Å². The van der Waals surface area contributed by atoms with E-state index in [9.17, 15) is 0 Å². The van der Waals surface area contributed by atoms with Crippen LogP contribution >= 0.6 is 0 Å². The van der Waals surface area contributed by atoms with Crippen molar-refractivity contribution in [2.24, 2.45) is 0 Å². The highest BCUT2D eigenvalue weighted by Crippen LogP contribution is 2.33. The highest BCUT2D eigenvalue weighted by Gasteiger charge is 2.11. The third kappa shape index (κ3) is 2.54. The number of rotatable bonds is 2. The molecule has 0 saturated carbocycles. The molecule has 0 saturated heterocycles. The number of aryl methyl sites for hydroxylation is 1. The number of hydrogen-bond acceptors (Lipinski definition) is 2. The lowest BCUT2D eigenvalue weighted by atomic mass is 9.95. The SMILES string of the molecule is Cc1ccnc(-c2cccc(C#N)c2)c1-c1ccccc1. The molecule has 0 aliphatic carbocycles. The van der Waals surface area contributed by atoms with Gasteiger partial charge in [-0.2, -0.15) is 5.26 Å².